The number of hydrogen-bond acceptors (Lipinski definition) is 5. The Kier molecular flexibility index (Phi) is 5.42. The van der Waals surface area contributed by atoms with Crippen LogP contribution in [0, 0.1) is 0 Å². The molecule has 3 heterocycles. The molecular formula is C20H23N3O5S. The minimum absolute atomic E-state index is 0.150. The molecule has 0 aliphatic carbocycles. The Hall–Kier alpha value is -2.65. The second-order valence-corrected chi connectivity index (χ2v) is 9.14. The first-order chi connectivity index (χ1) is 14.0. The molecule has 2 aliphatic heterocycles. The molecule has 0 saturated carbocycles. The van der Waals surface area contributed by atoms with Crippen LogP contribution in [0.15, 0.2) is 52.0 Å². The van der Waals surface area contributed by atoms with Gasteiger partial charge >= 0.3 is 0 Å². The highest BCUT2D eigenvalue weighted by Gasteiger charge is 2.29. The SMILES string of the molecule is O=C(c1cccc(S(=O)(=O)N2CCCC2)c1)N1CCN(C(=O)c2ccco2)CC1. The van der Waals surface area contributed by atoms with Crippen molar-refractivity contribution in [3.05, 3.63) is 54.0 Å². The first kappa shape index (κ1) is 19.7. The van der Waals surface area contributed by atoms with E-state index in [-0.39, 0.29) is 22.5 Å². The summed E-state index contributed by atoms with van der Waals surface area (Å²) in [7, 11) is -3.57. The lowest BCUT2D eigenvalue weighted by Gasteiger charge is -2.34. The van der Waals surface area contributed by atoms with Crippen LogP contribution >= 0.6 is 0 Å². The minimum Gasteiger partial charge on any atom is -0.459 e. The van der Waals surface area contributed by atoms with Gasteiger partial charge in [0.2, 0.25) is 10.0 Å². The molecule has 8 nitrogen and oxygen atoms in total. The third kappa shape index (κ3) is 3.92. The normalized spacial score (nSPS) is 18.2. The van der Waals surface area contributed by atoms with Crippen molar-refractivity contribution < 1.29 is 22.4 Å². The molecule has 0 unspecified atom stereocenters. The van der Waals surface area contributed by atoms with Gasteiger partial charge in [-0.1, -0.05) is 6.07 Å². The van der Waals surface area contributed by atoms with Gasteiger partial charge in [-0.2, -0.15) is 4.31 Å². The number of nitrogens with zero attached hydrogens (tertiary/aromatic N) is 3. The van der Waals surface area contributed by atoms with Crippen LogP contribution in [0.1, 0.15) is 33.8 Å². The van der Waals surface area contributed by atoms with Gasteiger partial charge < -0.3 is 14.2 Å². The first-order valence-electron chi connectivity index (χ1n) is 9.69. The molecule has 9 heteroatoms. The quantitative estimate of drug-likeness (QED) is 0.755. The van der Waals surface area contributed by atoms with Gasteiger partial charge in [0.25, 0.3) is 11.8 Å². The van der Waals surface area contributed by atoms with Crippen LogP contribution in [0.25, 0.3) is 0 Å². The zero-order chi connectivity index (χ0) is 20.4. The lowest BCUT2D eigenvalue weighted by atomic mass is 10.2. The lowest BCUT2D eigenvalue weighted by molar-refractivity contribution is 0.0518. The summed E-state index contributed by atoms with van der Waals surface area (Å²) in [5, 5.41) is 0. The summed E-state index contributed by atoms with van der Waals surface area (Å²) < 4.78 is 32.1. The maximum absolute atomic E-state index is 12.9. The summed E-state index contributed by atoms with van der Waals surface area (Å²) in [4.78, 5) is 28.7. The number of sulfonamides is 1. The van der Waals surface area contributed by atoms with Gasteiger partial charge in [0.15, 0.2) is 5.76 Å². The number of carbonyl (C=O) groups excluding carboxylic acids is 2. The van der Waals surface area contributed by atoms with Gasteiger partial charge in [-0.05, 0) is 43.2 Å². The molecule has 0 bridgehead atoms. The van der Waals surface area contributed by atoms with Crippen molar-refractivity contribution in [3.63, 3.8) is 0 Å². The van der Waals surface area contributed by atoms with E-state index in [2.05, 4.69) is 0 Å². The number of rotatable bonds is 4. The summed E-state index contributed by atoms with van der Waals surface area (Å²) in [6.45, 7) is 2.61. The van der Waals surface area contributed by atoms with Gasteiger partial charge in [0.1, 0.15) is 0 Å². The van der Waals surface area contributed by atoms with Crippen molar-refractivity contribution in [1.82, 2.24) is 14.1 Å². The molecule has 1 aromatic carbocycles. The predicted octanol–water partition coefficient (Wildman–Crippen LogP) is 1.66. The Balaban J connectivity index is 1.43. The summed E-state index contributed by atoms with van der Waals surface area (Å²) >= 11 is 0. The van der Waals surface area contributed by atoms with Crippen LogP contribution in [0.2, 0.25) is 0 Å². The number of amides is 2. The van der Waals surface area contributed by atoms with Gasteiger partial charge in [-0.3, -0.25) is 9.59 Å². The minimum atomic E-state index is -3.57. The van der Waals surface area contributed by atoms with Crippen LogP contribution < -0.4 is 0 Å². The van der Waals surface area contributed by atoms with Crippen LogP contribution in [0.5, 0.6) is 0 Å². The zero-order valence-electron chi connectivity index (χ0n) is 16.0. The third-order valence-corrected chi connectivity index (χ3v) is 7.26. The molecule has 1 aromatic heterocycles. The molecule has 0 N–H and O–H groups in total. The highest BCUT2D eigenvalue weighted by Crippen LogP contribution is 2.22. The van der Waals surface area contributed by atoms with E-state index in [0.29, 0.717) is 44.8 Å². The average molecular weight is 417 g/mol. The fourth-order valence-electron chi connectivity index (χ4n) is 3.72. The van der Waals surface area contributed by atoms with Crippen LogP contribution in [0.4, 0.5) is 0 Å². The Morgan fingerprint density at radius 3 is 2.10 bits per heavy atom. The monoisotopic (exact) mass is 417 g/mol. The Labute approximate surface area is 169 Å². The Morgan fingerprint density at radius 2 is 1.48 bits per heavy atom. The molecule has 0 radical (unpaired) electrons. The van der Waals surface area contributed by atoms with Crippen molar-refractivity contribution >= 4 is 21.8 Å². The Morgan fingerprint density at radius 1 is 0.828 bits per heavy atom. The molecule has 2 aliphatic rings. The second kappa shape index (κ2) is 8.00. The fourth-order valence-corrected chi connectivity index (χ4v) is 5.28. The maximum atomic E-state index is 12.9. The maximum Gasteiger partial charge on any atom is 0.289 e. The first-order valence-corrected chi connectivity index (χ1v) is 11.1. The number of carbonyl (C=O) groups is 2. The van der Waals surface area contributed by atoms with E-state index in [1.807, 2.05) is 0 Å². The largest absolute Gasteiger partial charge is 0.459 e. The standard InChI is InChI=1S/C20H23N3O5S/c24-19(21-10-12-22(13-11-21)20(25)18-7-4-14-28-18)16-5-3-6-17(15-16)29(26,27)23-8-1-2-9-23/h3-7,14-15H,1-2,8-13H2. The number of piperazine rings is 1. The average Bonchev–Trinajstić information content (AvgIpc) is 3.47. The molecule has 2 saturated heterocycles. The summed E-state index contributed by atoms with van der Waals surface area (Å²) in [6.07, 6.45) is 3.17. The van der Waals surface area contributed by atoms with E-state index in [0.717, 1.165) is 12.8 Å². The van der Waals surface area contributed by atoms with Crippen LogP contribution in [-0.2, 0) is 10.0 Å². The van der Waals surface area contributed by atoms with Crippen molar-refractivity contribution in [2.24, 2.45) is 0 Å². The van der Waals surface area contributed by atoms with Crippen LogP contribution in [-0.4, -0.2) is 73.6 Å². The molecule has 29 heavy (non-hydrogen) atoms. The zero-order valence-corrected chi connectivity index (χ0v) is 16.8. The van der Waals surface area contributed by atoms with Gasteiger partial charge in [0.05, 0.1) is 11.2 Å². The van der Waals surface area contributed by atoms with Gasteiger partial charge in [-0.25, -0.2) is 8.42 Å². The number of benzene rings is 1. The van der Waals surface area contributed by atoms with Crippen molar-refractivity contribution in [2.75, 3.05) is 39.3 Å². The molecule has 2 amide bonds. The summed E-state index contributed by atoms with van der Waals surface area (Å²) in [5.74, 6) is -0.140. The molecule has 0 spiro atoms. The predicted molar refractivity (Wildman–Crippen MR) is 105 cm³/mol. The highest BCUT2D eigenvalue weighted by molar-refractivity contribution is 7.89. The topological polar surface area (TPSA) is 91.1 Å². The summed E-state index contributed by atoms with van der Waals surface area (Å²) in [6, 6.07) is 9.50. The molecular weight excluding hydrogens is 394 g/mol. The smallest absolute Gasteiger partial charge is 0.289 e. The molecule has 154 valence electrons. The second-order valence-electron chi connectivity index (χ2n) is 7.20. The van der Waals surface area contributed by atoms with E-state index in [4.69, 9.17) is 4.42 Å². The molecule has 2 aromatic rings. The molecule has 4 rings (SSSR count). The Bertz CT molecular complexity index is 989. The van der Waals surface area contributed by atoms with E-state index < -0.39 is 10.0 Å². The molecule has 0 atom stereocenters. The van der Waals surface area contributed by atoms with E-state index in [1.165, 1.54) is 22.7 Å². The highest BCUT2D eigenvalue weighted by atomic mass is 32.2. The fraction of sp³-hybridized carbons (Fsp3) is 0.400. The van der Waals surface area contributed by atoms with Crippen molar-refractivity contribution in [3.8, 4) is 0 Å². The van der Waals surface area contributed by atoms with E-state index in [1.54, 1.807) is 34.1 Å². The lowest BCUT2D eigenvalue weighted by Crippen LogP contribution is -2.50. The van der Waals surface area contributed by atoms with Gasteiger partial charge in [0, 0.05) is 44.8 Å². The number of furan rings is 1. The summed E-state index contributed by atoms with van der Waals surface area (Å²) in [5.41, 5.74) is 0.344. The van der Waals surface area contributed by atoms with Crippen LogP contribution in [0.3, 0.4) is 0 Å². The number of hydrogen-bond donors (Lipinski definition) is 0. The van der Waals surface area contributed by atoms with E-state index in [9.17, 15) is 18.0 Å². The molecule has 2 fully saturated rings. The third-order valence-electron chi connectivity index (χ3n) is 5.37. The van der Waals surface area contributed by atoms with Gasteiger partial charge in [-0.15, -0.1) is 0 Å². The van der Waals surface area contributed by atoms with Crippen molar-refractivity contribution in [2.45, 2.75) is 17.7 Å². The van der Waals surface area contributed by atoms with E-state index >= 15 is 0 Å². The van der Waals surface area contributed by atoms with Crippen molar-refractivity contribution in [1.29, 1.82) is 0 Å².